The van der Waals surface area contributed by atoms with E-state index in [9.17, 15) is 5.11 Å². The first-order valence-corrected chi connectivity index (χ1v) is 7.81. The number of benzene rings is 1. The smallest absolute Gasteiger partial charge is 0.155 e. The first kappa shape index (κ1) is 16.4. The van der Waals surface area contributed by atoms with Crippen LogP contribution in [0.1, 0.15) is 12.5 Å². The predicted molar refractivity (Wildman–Crippen MR) is 83.1 cm³/mol. The molecular weight excluding hydrogens is 298 g/mol. The SMILES string of the molecule is COC1=CCON(Cc2ccccc2)[C@@H]1[C@@H]1O[C@H](C)OC[C@H]1O. The van der Waals surface area contributed by atoms with Gasteiger partial charge in [0, 0.05) is 0 Å². The van der Waals surface area contributed by atoms with E-state index in [2.05, 4.69) is 0 Å². The lowest BCUT2D eigenvalue weighted by atomic mass is 10.0. The van der Waals surface area contributed by atoms with Gasteiger partial charge in [0.2, 0.25) is 0 Å². The van der Waals surface area contributed by atoms with E-state index in [1.165, 1.54) is 0 Å². The second-order valence-electron chi connectivity index (χ2n) is 5.68. The van der Waals surface area contributed by atoms with Crippen LogP contribution in [0, 0.1) is 0 Å². The monoisotopic (exact) mass is 321 g/mol. The van der Waals surface area contributed by atoms with Crippen molar-refractivity contribution in [3.63, 3.8) is 0 Å². The first-order valence-electron chi connectivity index (χ1n) is 7.81. The van der Waals surface area contributed by atoms with Crippen molar-refractivity contribution >= 4 is 0 Å². The molecule has 2 heterocycles. The van der Waals surface area contributed by atoms with E-state index in [1.54, 1.807) is 7.11 Å². The summed E-state index contributed by atoms with van der Waals surface area (Å²) in [4.78, 5) is 5.81. The summed E-state index contributed by atoms with van der Waals surface area (Å²) in [5, 5.41) is 12.1. The Hall–Kier alpha value is -1.44. The third-order valence-electron chi connectivity index (χ3n) is 4.08. The number of hydrogen-bond donors (Lipinski definition) is 1. The van der Waals surface area contributed by atoms with E-state index in [0.29, 0.717) is 13.2 Å². The van der Waals surface area contributed by atoms with Gasteiger partial charge in [-0.05, 0) is 18.6 Å². The van der Waals surface area contributed by atoms with Gasteiger partial charge in [0.15, 0.2) is 6.29 Å². The Balaban J connectivity index is 1.83. The molecule has 6 heteroatoms. The van der Waals surface area contributed by atoms with Crippen molar-refractivity contribution in [2.24, 2.45) is 0 Å². The van der Waals surface area contributed by atoms with Crippen LogP contribution in [0.25, 0.3) is 0 Å². The van der Waals surface area contributed by atoms with Gasteiger partial charge in [-0.3, -0.25) is 4.84 Å². The normalized spacial score (nSPS) is 32.4. The maximum absolute atomic E-state index is 10.3. The third-order valence-corrected chi connectivity index (χ3v) is 4.08. The summed E-state index contributed by atoms with van der Waals surface area (Å²) in [5.74, 6) is 0.741. The molecular formula is C17H23NO5. The van der Waals surface area contributed by atoms with Crippen molar-refractivity contribution in [3.05, 3.63) is 47.7 Å². The quantitative estimate of drug-likeness (QED) is 0.906. The zero-order valence-corrected chi connectivity index (χ0v) is 13.4. The van der Waals surface area contributed by atoms with Gasteiger partial charge < -0.3 is 19.3 Å². The summed E-state index contributed by atoms with van der Waals surface area (Å²) in [6, 6.07) is 9.71. The van der Waals surface area contributed by atoms with Gasteiger partial charge in [0.05, 0.1) is 26.9 Å². The standard InChI is InChI=1S/C17H23NO5/c1-12-21-11-14(19)17(23-12)16-15(20-2)8-9-22-18(16)10-13-6-4-3-5-7-13/h3-8,12,14,16-17,19H,9-11H2,1-2H3/t12-,14-,16+,17-/m1/s1. The molecule has 2 aliphatic rings. The Morgan fingerprint density at radius 2 is 2.09 bits per heavy atom. The van der Waals surface area contributed by atoms with Crippen molar-refractivity contribution in [3.8, 4) is 0 Å². The van der Waals surface area contributed by atoms with Crippen molar-refractivity contribution in [1.82, 2.24) is 5.06 Å². The lowest BCUT2D eigenvalue weighted by Gasteiger charge is -2.43. The molecule has 1 aromatic rings. The number of aliphatic hydroxyl groups excluding tert-OH is 1. The van der Waals surface area contributed by atoms with Gasteiger partial charge in [-0.25, -0.2) is 0 Å². The van der Waals surface area contributed by atoms with Gasteiger partial charge in [-0.1, -0.05) is 30.3 Å². The number of hydroxylamine groups is 2. The number of hydrogen-bond acceptors (Lipinski definition) is 6. The molecule has 0 unspecified atom stereocenters. The van der Waals surface area contributed by atoms with Gasteiger partial charge >= 0.3 is 0 Å². The summed E-state index contributed by atoms with van der Waals surface area (Å²) in [7, 11) is 1.62. The molecule has 1 N–H and O–H groups in total. The summed E-state index contributed by atoms with van der Waals surface area (Å²) < 4.78 is 16.7. The molecule has 1 fully saturated rings. The molecule has 0 aliphatic carbocycles. The molecule has 23 heavy (non-hydrogen) atoms. The van der Waals surface area contributed by atoms with Crippen LogP contribution < -0.4 is 0 Å². The zero-order chi connectivity index (χ0) is 16.2. The molecule has 0 bridgehead atoms. The maximum atomic E-state index is 10.3. The van der Waals surface area contributed by atoms with Crippen molar-refractivity contribution in [1.29, 1.82) is 0 Å². The lowest BCUT2D eigenvalue weighted by Crippen LogP contribution is -2.57. The van der Waals surface area contributed by atoms with Crippen LogP contribution >= 0.6 is 0 Å². The molecule has 0 radical (unpaired) electrons. The summed E-state index contributed by atoms with van der Waals surface area (Å²) in [6.45, 7) is 3.06. The van der Waals surface area contributed by atoms with Crippen LogP contribution in [0.15, 0.2) is 42.2 Å². The average Bonchev–Trinajstić information content (AvgIpc) is 2.58. The highest BCUT2D eigenvalue weighted by Gasteiger charge is 2.42. The van der Waals surface area contributed by atoms with Crippen LogP contribution in [0.5, 0.6) is 0 Å². The molecule has 6 nitrogen and oxygen atoms in total. The minimum Gasteiger partial charge on any atom is -0.499 e. The first-order chi connectivity index (χ1) is 11.2. The van der Waals surface area contributed by atoms with E-state index in [-0.39, 0.29) is 18.9 Å². The Morgan fingerprint density at radius 1 is 1.30 bits per heavy atom. The Kier molecular flexibility index (Phi) is 5.30. The van der Waals surface area contributed by atoms with Gasteiger partial charge in [0.25, 0.3) is 0 Å². The molecule has 3 rings (SSSR count). The number of ether oxygens (including phenoxy) is 3. The molecule has 0 saturated carbocycles. The van der Waals surface area contributed by atoms with E-state index in [0.717, 1.165) is 11.3 Å². The Bertz CT molecular complexity index is 535. The van der Waals surface area contributed by atoms with Gasteiger partial charge in [0.1, 0.15) is 24.0 Å². The number of rotatable bonds is 4. The molecule has 2 aliphatic heterocycles. The van der Waals surface area contributed by atoms with Crippen molar-refractivity contribution in [2.45, 2.75) is 38.0 Å². The highest BCUT2D eigenvalue weighted by Crippen LogP contribution is 2.29. The largest absolute Gasteiger partial charge is 0.499 e. The molecule has 1 aromatic carbocycles. The fraction of sp³-hybridized carbons (Fsp3) is 0.529. The number of aliphatic hydroxyl groups is 1. The fourth-order valence-corrected chi connectivity index (χ4v) is 2.96. The van der Waals surface area contributed by atoms with E-state index < -0.39 is 12.2 Å². The Morgan fingerprint density at radius 3 is 2.83 bits per heavy atom. The van der Waals surface area contributed by atoms with E-state index >= 15 is 0 Å². The minimum atomic E-state index is -0.741. The van der Waals surface area contributed by atoms with Crippen LogP contribution in [0.2, 0.25) is 0 Å². The van der Waals surface area contributed by atoms with Gasteiger partial charge in [-0.15, -0.1) is 0 Å². The molecule has 126 valence electrons. The molecule has 0 amide bonds. The lowest BCUT2D eigenvalue weighted by molar-refractivity contribution is -0.290. The van der Waals surface area contributed by atoms with Crippen LogP contribution in [0.3, 0.4) is 0 Å². The van der Waals surface area contributed by atoms with Crippen LogP contribution in [-0.4, -0.2) is 55.0 Å². The highest BCUT2D eigenvalue weighted by molar-refractivity contribution is 5.17. The summed E-state index contributed by atoms with van der Waals surface area (Å²) >= 11 is 0. The van der Waals surface area contributed by atoms with Crippen molar-refractivity contribution in [2.75, 3.05) is 20.3 Å². The Labute approximate surface area is 136 Å². The molecule has 4 atom stereocenters. The van der Waals surface area contributed by atoms with Crippen LogP contribution in [-0.2, 0) is 25.6 Å². The average molecular weight is 321 g/mol. The molecule has 0 spiro atoms. The van der Waals surface area contributed by atoms with Crippen LogP contribution in [0.4, 0.5) is 0 Å². The molecule has 1 saturated heterocycles. The number of nitrogens with zero attached hydrogens (tertiary/aromatic N) is 1. The second-order valence-corrected chi connectivity index (χ2v) is 5.68. The minimum absolute atomic E-state index is 0.235. The van der Waals surface area contributed by atoms with Crippen molar-refractivity contribution < 1.29 is 24.2 Å². The topological polar surface area (TPSA) is 60.4 Å². The zero-order valence-electron chi connectivity index (χ0n) is 13.4. The van der Waals surface area contributed by atoms with Gasteiger partial charge in [-0.2, -0.15) is 5.06 Å². The fourth-order valence-electron chi connectivity index (χ4n) is 2.96. The summed E-state index contributed by atoms with van der Waals surface area (Å²) in [6.07, 6.45) is 0.285. The maximum Gasteiger partial charge on any atom is 0.155 e. The highest BCUT2D eigenvalue weighted by atomic mass is 16.7. The third kappa shape index (κ3) is 3.73. The summed E-state index contributed by atoms with van der Waals surface area (Å²) in [5.41, 5.74) is 1.12. The second kappa shape index (κ2) is 7.42. The molecule has 0 aromatic heterocycles. The van der Waals surface area contributed by atoms with E-state index in [1.807, 2.05) is 48.4 Å². The number of methoxy groups -OCH3 is 1. The van der Waals surface area contributed by atoms with E-state index in [4.69, 9.17) is 19.0 Å². The predicted octanol–water partition coefficient (Wildman–Crippen LogP) is 1.45.